The van der Waals surface area contributed by atoms with E-state index < -0.39 is 6.03 Å². The summed E-state index contributed by atoms with van der Waals surface area (Å²) >= 11 is 6.36. The Bertz CT molecular complexity index is 1030. The molecule has 0 unspecified atom stereocenters. The predicted octanol–water partition coefficient (Wildman–Crippen LogP) is 4.58. The summed E-state index contributed by atoms with van der Waals surface area (Å²) in [6.07, 6.45) is 5.60. The molecule has 29 heavy (non-hydrogen) atoms. The van der Waals surface area contributed by atoms with Gasteiger partial charge in [-0.2, -0.15) is 0 Å². The second-order valence-electron chi connectivity index (χ2n) is 7.69. The first-order chi connectivity index (χ1) is 14.0. The van der Waals surface area contributed by atoms with Gasteiger partial charge in [-0.15, -0.1) is 0 Å². The van der Waals surface area contributed by atoms with E-state index in [1.807, 2.05) is 18.2 Å². The lowest BCUT2D eigenvalue weighted by Gasteiger charge is -2.40. The summed E-state index contributed by atoms with van der Waals surface area (Å²) in [6, 6.07) is 11.9. The van der Waals surface area contributed by atoms with Crippen molar-refractivity contribution in [2.24, 2.45) is 5.73 Å². The molecule has 152 valence electrons. The van der Waals surface area contributed by atoms with Crippen LogP contribution in [0.3, 0.4) is 0 Å². The van der Waals surface area contributed by atoms with E-state index in [1.165, 1.54) is 24.2 Å². The SMILES string of the molecule is NC(=O)NCC[N+]1(c2cn(-c3ccc(F)cc3)c3ccc(Cl)cc23)CCCCC1. The lowest BCUT2D eigenvalue weighted by atomic mass is 10.0. The van der Waals surface area contributed by atoms with Crippen LogP contribution in [-0.2, 0) is 0 Å². The lowest BCUT2D eigenvalue weighted by Crippen LogP contribution is -2.56. The van der Waals surface area contributed by atoms with E-state index in [1.54, 1.807) is 12.1 Å². The number of piperidine rings is 1. The number of nitrogens with one attached hydrogen (secondary N) is 1. The van der Waals surface area contributed by atoms with E-state index in [-0.39, 0.29) is 5.82 Å². The van der Waals surface area contributed by atoms with Gasteiger partial charge in [-0.25, -0.2) is 9.18 Å². The molecule has 0 atom stereocenters. The Morgan fingerprint density at radius 1 is 1.14 bits per heavy atom. The van der Waals surface area contributed by atoms with Crippen molar-refractivity contribution in [2.45, 2.75) is 19.3 Å². The normalized spacial score (nSPS) is 16.1. The molecule has 0 aliphatic carbocycles. The van der Waals surface area contributed by atoms with E-state index >= 15 is 0 Å². The van der Waals surface area contributed by atoms with Crippen molar-refractivity contribution in [2.75, 3.05) is 26.2 Å². The molecular weight excluding hydrogens is 391 g/mol. The molecule has 4 rings (SSSR count). The fraction of sp³-hybridized carbons (Fsp3) is 0.318. The van der Waals surface area contributed by atoms with Crippen LogP contribution in [0.5, 0.6) is 0 Å². The van der Waals surface area contributed by atoms with Gasteiger partial charge in [0, 0.05) is 10.7 Å². The molecule has 0 radical (unpaired) electrons. The number of halogens is 2. The molecule has 3 aromatic rings. The lowest BCUT2D eigenvalue weighted by molar-refractivity contribution is 0.225. The third-order valence-corrected chi connectivity index (χ3v) is 6.11. The third kappa shape index (κ3) is 3.95. The summed E-state index contributed by atoms with van der Waals surface area (Å²) in [4.78, 5) is 11.2. The highest BCUT2D eigenvalue weighted by atomic mass is 35.5. The minimum Gasteiger partial charge on any atom is -0.352 e. The van der Waals surface area contributed by atoms with Gasteiger partial charge in [0.25, 0.3) is 0 Å². The summed E-state index contributed by atoms with van der Waals surface area (Å²) in [6.45, 7) is 3.27. The van der Waals surface area contributed by atoms with Crippen molar-refractivity contribution >= 4 is 34.2 Å². The topological polar surface area (TPSA) is 60.1 Å². The van der Waals surface area contributed by atoms with Gasteiger partial charge in [0.05, 0.1) is 36.7 Å². The molecule has 0 spiro atoms. The monoisotopic (exact) mass is 415 g/mol. The Morgan fingerprint density at radius 2 is 1.86 bits per heavy atom. The number of likely N-dealkylation sites (tertiary alicyclic amines) is 1. The number of nitrogens with two attached hydrogens (primary N) is 1. The van der Waals surface area contributed by atoms with Gasteiger partial charge in [-0.05, 0) is 61.7 Å². The number of aromatic nitrogens is 1. The first-order valence-electron chi connectivity index (χ1n) is 9.95. The molecule has 1 fully saturated rings. The number of rotatable bonds is 5. The molecule has 1 saturated heterocycles. The zero-order valence-electron chi connectivity index (χ0n) is 16.2. The zero-order chi connectivity index (χ0) is 20.4. The minimum atomic E-state index is -0.503. The molecule has 3 N–H and O–H groups in total. The van der Waals surface area contributed by atoms with Crippen LogP contribution >= 0.6 is 11.6 Å². The van der Waals surface area contributed by atoms with Crippen molar-refractivity contribution in [3.8, 4) is 5.69 Å². The first kappa shape index (κ1) is 19.7. The van der Waals surface area contributed by atoms with Gasteiger partial charge in [0.1, 0.15) is 12.4 Å². The first-order valence-corrected chi connectivity index (χ1v) is 10.3. The van der Waals surface area contributed by atoms with Crippen molar-refractivity contribution in [1.82, 2.24) is 14.4 Å². The van der Waals surface area contributed by atoms with E-state index in [2.05, 4.69) is 16.1 Å². The van der Waals surface area contributed by atoms with Crippen LogP contribution in [0.15, 0.2) is 48.7 Å². The number of urea groups is 1. The molecule has 2 amide bonds. The van der Waals surface area contributed by atoms with Crippen LogP contribution in [0.1, 0.15) is 19.3 Å². The van der Waals surface area contributed by atoms with Crippen molar-refractivity contribution in [3.05, 3.63) is 59.5 Å². The fourth-order valence-electron chi connectivity index (χ4n) is 4.47. The highest BCUT2D eigenvalue weighted by molar-refractivity contribution is 6.31. The summed E-state index contributed by atoms with van der Waals surface area (Å²) in [5.41, 5.74) is 8.39. The quantitative estimate of drug-likeness (QED) is 0.588. The number of nitrogens with zero attached hydrogens (tertiary/aromatic N) is 2. The maximum atomic E-state index is 13.5. The zero-order valence-corrected chi connectivity index (χ0v) is 17.0. The van der Waals surface area contributed by atoms with Crippen molar-refractivity contribution in [1.29, 1.82) is 0 Å². The molecule has 1 aliphatic rings. The number of primary amides is 1. The molecule has 7 heteroatoms. The summed E-state index contributed by atoms with van der Waals surface area (Å²) in [5, 5.41) is 4.51. The largest absolute Gasteiger partial charge is 0.352 e. The molecule has 1 aromatic heterocycles. The molecule has 5 nitrogen and oxygen atoms in total. The second-order valence-corrected chi connectivity index (χ2v) is 8.13. The average Bonchev–Trinajstić information content (AvgIpc) is 3.08. The van der Waals surface area contributed by atoms with E-state index in [0.29, 0.717) is 11.6 Å². The summed E-state index contributed by atoms with van der Waals surface area (Å²) in [7, 11) is 0. The van der Waals surface area contributed by atoms with Gasteiger partial charge in [0.15, 0.2) is 5.69 Å². The Balaban J connectivity index is 1.85. The van der Waals surface area contributed by atoms with Gasteiger partial charge in [-0.3, -0.25) is 4.48 Å². The number of amides is 2. The Labute approximate surface area is 174 Å². The summed E-state index contributed by atoms with van der Waals surface area (Å²) in [5.74, 6) is -0.259. The van der Waals surface area contributed by atoms with Gasteiger partial charge in [0.2, 0.25) is 0 Å². The third-order valence-electron chi connectivity index (χ3n) is 5.87. The van der Waals surface area contributed by atoms with Crippen LogP contribution in [0.25, 0.3) is 16.6 Å². The number of carbonyl (C=O) groups excluding carboxylic acids is 1. The number of carbonyl (C=O) groups is 1. The minimum absolute atomic E-state index is 0.259. The van der Waals surface area contributed by atoms with Crippen molar-refractivity contribution in [3.63, 3.8) is 0 Å². The number of fused-ring (bicyclic) bond motifs is 1. The highest BCUT2D eigenvalue weighted by Gasteiger charge is 2.35. The maximum Gasteiger partial charge on any atom is 0.312 e. The van der Waals surface area contributed by atoms with Gasteiger partial charge in [-0.1, -0.05) is 11.6 Å². The Kier molecular flexibility index (Phi) is 5.48. The molecule has 0 saturated carbocycles. The Hall–Kier alpha value is -2.57. The number of benzene rings is 2. The molecule has 1 aliphatic heterocycles. The summed E-state index contributed by atoms with van der Waals surface area (Å²) < 4.78 is 16.3. The Morgan fingerprint density at radius 3 is 2.55 bits per heavy atom. The number of hydrogen-bond donors (Lipinski definition) is 2. The number of hydrogen-bond acceptors (Lipinski definition) is 1. The fourth-order valence-corrected chi connectivity index (χ4v) is 4.65. The predicted molar refractivity (Wildman–Crippen MR) is 116 cm³/mol. The van der Waals surface area contributed by atoms with Crippen LogP contribution < -0.4 is 15.5 Å². The van der Waals surface area contributed by atoms with Crippen molar-refractivity contribution < 1.29 is 9.18 Å². The number of quaternary nitrogens is 1. The van der Waals surface area contributed by atoms with Crippen LogP contribution in [-0.4, -0.2) is 36.8 Å². The van der Waals surface area contributed by atoms with E-state index in [0.717, 1.165) is 53.5 Å². The molecule has 2 aromatic carbocycles. The molecular formula is C22H25ClFN4O+. The molecule has 2 heterocycles. The van der Waals surface area contributed by atoms with Gasteiger partial charge < -0.3 is 15.6 Å². The highest BCUT2D eigenvalue weighted by Crippen LogP contribution is 2.39. The maximum absolute atomic E-state index is 13.5. The van der Waals surface area contributed by atoms with Crippen LogP contribution in [0.4, 0.5) is 14.9 Å². The average molecular weight is 416 g/mol. The molecule has 0 bridgehead atoms. The standard InChI is InChI=1S/C22H24ClFN4O/c23-16-4-9-20-19(14-16)21(15-27(20)18-7-5-17(24)6-8-18)28(11-2-1-3-12-28)13-10-26-22(25)29/h4-9,14-15H,1-3,10-13H2,(H2-,25,26,29)/p+1. The van der Waals surface area contributed by atoms with E-state index in [9.17, 15) is 9.18 Å². The van der Waals surface area contributed by atoms with Gasteiger partial charge >= 0.3 is 6.03 Å². The van der Waals surface area contributed by atoms with E-state index in [4.69, 9.17) is 17.3 Å². The second kappa shape index (κ2) is 8.05. The van der Waals surface area contributed by atoms with Crippen LogP contribution in [0, 0.1) is 5.82 Å². The van der Waals surface area contributed by atoms with Crippen LogP contribution in [0.2, 0.25) is 5.02 Å². The smallest absolute Gasteiger partial charge is 0.312 e.